The average Bonchev–Trinajstić information content (AvgIpc) is 2.90. The molecule has 0 aliphatic heterocycles. The molecule has 0 saturated heterocycles. The zero-order chi connectivity index (χ0) is 14.4. The van der Waals surface area contributed by atoms with Gasteiger partial charge in [-0.05, 0) is 37.7 Å². The molecule has 110 valence electrons. The predicted molar refractivity (Wildman–Crippen MR) is 77.0 cm³/mol. The Labute approximate surface area is 119 Å². The maximum absolute atomic E-state index is 12.3. The summed E-state index contributed by atoms with van der Waals surface area (Å²) in [6.45, 7) is 0.116. The molecule has 1 aliphatic rings. The van der Waals surface area contributed by atoms with Crippen LogP contribution in [-0.2, 0) is 4.79 Å². The van der Waals surface area contributed by atoms with Gasteiger partial charge in [-0.3, -0.25) is 4.79 Å². The first kappa shape index (κ1) is 15.0. The minimum absolute atomic E-state index is 0.0678. The van der Waals surface area contributed by atoms with Crippen LogP contribution in [0.2, 0.25) is 0 Å². The molecule has 1 aromatic rings. The van der Waals surface area contributed by atoms with E-state index in [-0.39, 0.29) is 24.5 Å². The van der Waals surface area contributed by atoms with Crippen LogP contribution >= 0.6 is 0 Å². The van der Waals surface area contributed by atoms with Crippen molar-refractivity contribution in [3.05, 3.63) is 35.9 Å². The maximum Gasteiger partial charge on any atom is 0.226 e. The fraction of sp³-hybridized carbons (Fsp3) is 0.562. The number of rotatable bonds is 6. The van der Waals surface area contributed by atoms with Gasteiger partial charge < -0.3 is 15.5 Å². The van der Waals surface area contributed by atoms with Gasteiger partial charge in [0.25, 0.3) is 0 Å². The van der Waals surface area contributed by atoms with Gasteiger partial charge in [0, 0.05) is 6.61 Å². The molecule has 2 rings (SSSR count). The van der Waals surface area contributed by atoms with Crippen molar-refractivity contribution in [2.24, 2.45) is 5.92 Å². The molecule has 3 unspecified atom stereocenters. The normalized spacial score (nSPS) is 23.5. The van der Waals surface area contributed by atoms with Crippen molar-refractivity contribution >= 4 is 5.91 Å². The fourth-order valence-corrected chi connectivity index (χ4v) is 2.83. The van der Waals surface area contributed by atoms with Crippen LogP contribution < -0.4 is 5.32 Å². The third kappa shape index (κ3) is 3.81. The number of carbonyl (C=O) groups is 1. The Balaban J connectivity index is 2.02. The Bertz CT molecular complexity index is 421. The molecule has 4 nitrogen and oxygen atoms in total. The van der Waals surface area contributed by atoms with Crippen molar-refractivity contribution < 1.29 is 15.0 Å². The highest BCUT2D eigenvalue weighted by molar-refractivity contribution is 5.80. The summed E-state index contributed by atoms with van der Waals surface area (Å²) in [6, 6.07) is 9.69. The second kappa shape index (κ2) is 7.41. The average molecular weight is 277 g/mol. The molecule has 0 radical (unpaired) electrons. The van der Waals surface area contributed by atoms with Crippen LogP contribution in [0.1, 0.15) is 43.7 Å². The predicted octanol–water partition coefficient (Wildman–Crippen LogP) is 1.78. The van der Waals surface area contributed by atoms with Crippen LogP contribution in [0.3, 0.4) is 0 Å². The molecule has 3 N–H and O–H groups in total. The third-order valence-corrected chi connectivity index (χ3v) is 3.99. The Hall–Kier alpha value is -1.39. The fourth-order valence-electron chi connectivity index (χ4n) is 2.83. The first-order chi connectivity index (χ1) is 9.72. The molecular weight excluding hydrogens is 254 g/mol. The SMILES string of the molecule is O=C(NC(CCCO)c1ccccc1)C1CCCC1O. The van der Waals surface area contributed by atoms with E-state index in [0.717, 1.165) is 18.4 Å². The van der Waals surface area contributed by atoms with Gasteiger partial charge in [0.15, 0.2) is 0 Å². The molecule has 0 spiro atoms. The van der Waals surface area contributed by atoms with Gasteiger partial charge in [-0.15, -0.1) is 0 Å². The lowest BCUT2D eigenvalue weighted by molar-refractivity contribution is -0.128. The summed E-state index contributed by atoms with van der Waals surface area (Å²) in [5.41, 5.74) is 1.04. The topological polar surface area (TPSA) is 69.6 Å². The highest BCUT2D eigenvalue weighted by atomic mass is 16.3. The number of hydrogen-bond donors (Lipinski definition) is 3. The minimum atomic E-state index is -0.510. The molecule has 20 heavy (non-hydrogen) atoms. The summed E-state index contributed by atoms with van der Waals surface area (Å²) in [6.07, 6.45) is 3.22. The smallest absolute Gasteiger partial charge is 0.226 e. The monoisotopic (exact) mass is 277 g/mol. The van der Waals surface area contributed by atoms with E-state index < -0.39 is 6.10 Å². The van der Waals surface area contributed by atoms with E-state index in [0.29, 0.717) is 19.3 Å². The zero-order valence-corrected chi connectivity index (χ0v) is 11.7. The van der Waals surface area contributed by atoms with Crippen molar-refractivity contribution in [3.8, 4) is 0 Å². The highest BCUT2D eigenvalue weighted by Gasteiger charge is 2.32. The molecule has 1 fully saturated rings. The summed E-state index contributed by atoms with van der Waals surface area (Å²) >= 11 is 0. The first-order valence-electron chi connectivity index (χ1n) is 7.36. The van der Waals surface area contributed by atoms with Crippen molar-refractivity contribution in [2.75, 3.05) is 6.61 Å². The molecule has 1 saturated carbocycles. The van der Waals surface area contributed by atoms with Crippen LogP contribution in [0.4, 0.5) is 0 Å². The number of carbonyl (C=O) groups excluding carboxylic acids is 1. The van der Waals surface area contributed by atoms with Crippen LogP contribution in [-0.4, -0.2) is 28.8 Å². The van der Waals surface area contributed by atoms with Crippen LogP contribution in [0.15, 0.2) is 30.3 Å². The van der Waals surface area contributed by atoms with Crippen molar-refractivity contribution in [2.45, 2.75) is 44.2 Å². The molecule has 0 aromatic heterocycles. The Kier molecular flexibility index (Phi) is 5.56. The summed E-state index contributed by atoms with van der Waals surface area (Å²) in [7, 11) is 0. The Morgan fingerprint density at radius 2 is 2.05 bits per heavy atom. The lowest BCUT2D eigenvalue weighted by Gasteiger charge is -2.22. The number of hydrogen-bond acceptors (Lipinski definition) is 3. The van der Waals surface area contributed by atoms with Gasteiger partial charge in [0.2, 0.25) is 5.91 Å². The molecule has 1 aliphatic carbocycles. The quantitative estimate of drug-likeness (QED) is 0.742. The molecule has 1 aromatic carbocycles. The number of amides is 1. The second-order valence-corrected chi connectivity index (χ2v) is 5.44. The molecule has 3 atom stereocenters. The standard InChI is InChI=1S/C16H23NO3/c18-11-5-9-14(12-6-2-1-3-7-12)17-16(20)13-8-4-10-15(13)19/h1-3,6-7,13-15,18-19H,4-5,8-11H2,(H,17,20). The highest BCUT2D eigenvalue weighted by Crippen LogP contribution is 2.27. The van der Waals surface area contributed by atoms with Crippen molar-refractivity contribution in [3.63, 3.8) is 0 Å². The molecule has 1 amide bonds. The Morgan fingerprint density at radius 1 is 1.30 bits per heavy atom. The van der Waals surface area contributed by atoms with Crippen molar-refractivity contribution in [1.82, 2.24) is 5.32 Å². The molecule has 4 heteroatoms. The van der Waals surface area contributed by atoms with E-state index in [9.17, 15) is 9.90 Å². The van der Waals surface area contributed by atoms with E-state index in [1.165, 1.54) is 0 Å². The summed E-state index contributed by atoms with van der Waals surface area (Å²) in [5, 5.41) is 21.8. The summed E-state index contributed by atoms with van der Waals surface area (Å²) in [5.74, 6) is -0.350. The van der Waals surface area contributed by atoms with Gasteiger partial charge in [0.1, 0.15) is 0 Å². The van der Waals surface area contributed by atoms with E-state index in [4.69, 9.17) is 5.11 Å². The van der Waals surface area contributed by atoms with E-state index in [1.54, 1.807) is 0 Å². The number of aliphatic hydroxyl groups is 2. The molecule has 0 heterocycles. The van der Waals surface area contributed by atoms with Gasteiger partial charge >= 0.3 is 0 Å². The van der Waals surface area contributed by atoms with Gasteiger partial charge in [-0.2, -0.15) is 0 Å². The summed E-state index contributed by atoms with van der Waals surface area (Å²) in [4.78, 5) is 12.3. The number of benzene rings is 1. The van der Waals surface area contributed by atoms with Crippen LogP contribution in [0, 0.1) is 5.92 Å². The van der Waals surface area contributed by atoms with E-state index >= 15 is 0 Å². The largest absolute Gasteiger partial charge is 0.396 e. The van der Waals surface area contributed by atoms with Crippen LogP contribution in [0.5, 0.6) is 0 Å². The van der Waals surface area contributed by atoms with Gasteiger partial charge in [-0.1, -0.05) is 30.3 Å². The molecular formula is C16H23NO3. The Morgan fingerprint density at radius 3 is 2.65 bits per heavy atom. The maximum atomic E-state index is 12.3. The van der Waals surface area contributed by atoms with E-state index in [2.05, 4.69) is 5.32 Å². The van der Waals surface area contributed by atoms with Crippen molar-refractivity contribution in [1.29, 1.82) is 0 Å². The van der Waals surface area contributed by atoms with Crippen LogP contribution in [0.25, 0.3) is 0 Å². The second-order valence-electron chi connectivity index (χ2n) is 5.44. The first-order valence-corrected chi connectivity index (χ1v) is 7.36. The minimum Gasteiger partial charge on any atom is -0.396 e. The lowest BCUT2D eigenvalue weighted by atomic mass is 9.99. The number of nitrogens with one attached hydrogen (secondary N) is 1. The van der Waals surface area contributed by atoms with Gasteiger partial charge in [-0.25, -0.2) is 0 Å². The third-order valence-electron chi connectivity index (χ3n) is 3.99. The molecule has 0 bridgehead atoms. The summed E-state index contributed by atoms with van der Waals surface area (Å²) < 4.78 is 0. The lowest BCUT2D eigenvalue weighted by Crippen LogP contribution is -2.37. The zero-order valence-electron chi connectivity index (χ0n) is 11.7. The van der Waals surface area contributed by atoms with Gasteiger partial charge in [0.05, 0.1) is 18.1 Å². The number of aliphatic hydroxyl groups excluding tert-OH is 2. The van der Waals surface area contributed by atoms with E-state index in [1.807, 2.05) is 30.3 Å².